The van der Waals surface area contributed by atoms with Crippen molar-refractivity contribution in [2.75, 3.05) is 13.1 Å². The molecule has 2 heterocycles. The predicted molar refractivity (Wildman–Crippen MR) is 134 cm³/mol. The summed E-state index contributed by atoms with van der Waals surface area (Å²) in [5, 5.41) is 0.712. The van der Waals surface area contributed by atoms with Crippen LogP contribution in [0, 0.1) is 6.92 Å². The Hall–Kier alpha value is -2.97. The molecule has 35 heavy (non-hydrogen) atoms. The first-order valence-corrected chi connectivity index (χ1v) is 13.5. The van der Waals surface area contributed by atoms with Crippen molar-refractivity contribution in [3.8, 4) is 0 Å². The van der Waals surface area contributed by atoms with Gasteiger partial charge in [0.15, 0.2) is 0 Å². The summed E-state index contributed by atoms with van der Waals surface area (Å²) in [6, 6.07) is 11.1. The molecule has 1 aliphatic heterocycles. The number of fused-ring (bicyclic) bond motifs is 1. The second kappa shape index (κ2) is 10.3. The van der Waals surface area contributed by atoms with E-state index in [2.05, 4.69) is 13.8 Å². The van der Waals surface area contributed by atoms with Gasteiger partial charge in [0.2, 0.25) is 10.0 Å². The van der Waals surface area contributed by atoms with E-state index in [0.29, 0.717) is 29.6 Å². The highest BCUT2D eigenvalue weighted by molar-refractivity contribution is 7.89. The van der Waals surface area contributed by atoms with Crippen molar-refractivity contribution in [1.82, 2.24) is 4.31 Å². The number of carbonyl (C=O) groups excluding carboxylic acids is 1. The van der Waals surface area contributed by atoms with Crippen LogP contribution >= 0.6 is 0 Å². The third-order valence-corrected chi connectivity index (χ3v) is 8.36. The molecule has 8 heteroatoms. The molecule has 3 aromatic rings. The fourth-order valence-corrected chi connectivity index (χ4v) is 6.14. The fourth-order valence-electron chi connectivity index (χ4n) is 4.57. The highest BCUT2D eigenvalue weighted by Gasteiger charge is 2.26. The van der Waals surface area contributed by atoms with E-state index >= 15 is 0 Å². The van der Waals surface area contributed by atoms with E-state index in [-0.39, 0.29) is 23.0 Å². The molecule has 1 fully saturated rings. The Bertz CT molecular complexity index is 1400. The minimum absolute atomic E-state index is 0.0803. The summed E-state index contributed by atoms with van der Waals surface area (Å²) in [5.74, 6) is -0.383. The lowest BCUT2D eigenvalue weighted by Crippen LogP contribution is -2.32. The van der Waals surface area contributed by atoms with E-state index < -0.39 is 21.6 Å². The summed E-state index contributed by atoms with van der Waals surface area (Å²) in [6.07, 6.45) is 3.70. The monoisotopic (exact) mass is 497 g/mol. The van der Waals surface area contributed by atoms with Crippen LogP contribution in [0.25, 0.3) is 11.0 Å². The Balaban J connectivity index is 1.57. The number of hydrogen-bond donors (Lipinski definition) is 0. The Morgan fingerprint density at radius 1 is 1.06 bits per heavy atom. The number of sulfonamides is 1. The van der Waals surface area contributed by atoms with Crippen LogP contribution < -0.4 is 5.63 Å². The normalized spacial score (nSPS) is 15.3. The van der Waals surface area contributed by atoms with Gasteiger partial charge in [-0.05, 0) is 67.1 Å². The Kier molecular flexibility index (Phi) is 7.42. The van der Waals surface area contributed by atoms with Crippen LogP contribution in [-0.4, -0.2) is 31.8 Å². The second-order valence-corrected chi connectivity index (χ2v) is 11.3. The van der Waals surface area contributed by atoms with E-state index in [0.717, 1.165) is 36.8 Å². The largest absolute Gasteiger partial charge is 0.457 e. The van der Waals surface area contributed by atoms with Crippen molar-refractivity contribution >= 4 is 27.0 Å². The zero-order chi connectivity index (χ0) is 25.2. The summed E-state index contributed by atoms with van der Waals surface area (Å²) in [4.78, 5) is 25.0. The van der Waals surface area contributed by atoms with Crippen LogP contribution in [0.1, 0.15) is 72.5 Å². The number of ether oxygens (including phenoxy) is 1. The van der Waals surface area contributed by atoms with Crippen molar-refractivity contribution in [2.45, 2.75) is 63.9 Å². The zero-order valence-electron chi connectivity index (χ0n) is 20.4. The molecule has 1 aliphatic rings. The van der Waals surface area contributed by atoms with Gasteiger partial charge in [0, 0.05) is 30.1 Å². The van der Waals surface area contributed by atoms with Crippen LogP contribution in [0.2, 0.25) is 0 Å². The molecule has 7 nitrogen and oxygen atoms in total. The maximum atomic E-state index is 13.1. The Labute approximate surface area is 205 Å². The van der Waals surface area contributed by atoms with Crippen molar-refractivity contribution < 1.29 is 22.4 Å². The number of nitrogens with zero attached hydrogens (tertiary/aromatic N) is 1. The molecular formula is C27H31NO6S. The number of rotatable bonds is 6. The molecule has 186 valence electrons. The predicted octanol–water partition coefficient (Wildman–Crippen LogP) is 5.15. The lowest BCUT2D eigenvalue weighted by Gasteiger charge is -2.20. The van der Waals surface area contributed by atoms with Gasteiger partial charge >= 0.3 is 11.6 Å². The molecule has 0 N–H and O–H groups in total. The standard InChI is InChI=1S/C27H31NO6S/c1-18(2)23-16-24-21(15-26(29)34-25(24)13-19(23)3)17-33-27(30)20-9-8-10-22(14-20)35(31,32)28-11-6-4-5-7-12-28/h8-10,13-16,18H,4-7,11-12,17H2,1-3H3. The van der Waals surface area contributed by atoms with Crippen molar-refractivity contribution in [2.24, 2.45) is 0 Å². The maximum Gasteiger partial charge on any atom is 0.338 e. The molecule has 0 bridgehead atoms. The quantitative estimate of drug-likeness (QED) is 0.345. The van der Waals surface area contributed by atoms with Gasteiger partial charge < -0.3 is 9.15 Å². The molecule has 2 aromatic carbocycles. The molecule has 0 atom stereocenters. The summed E-state index contributed by atoms with van der Waals surface area (Å²) in [7, 11) is -3.69. The molecule has 0 saturated carbocycles. The van der Waals surface area contributed by atoms with E-state index in [1.807, 2.05) is 19.1 Å². The third kappa shape index (κ3) is 5.49. The van der Waals surface area contributed by atoms with Crippen molar-refractivity contribution in [1.29, 1.82) is 0 Å². The third-order valence-electron chi connectivity index (χ3n) is 6.47. The average Bonchev–Trinajstić information content (AvgIpc) is 3.12. The zero-order valence-corrected chi connectivity index (χ0v) is 21.2. The molecule has 1 saturated heterocycles. The van der Waals surface area contributed by atoms with Gasteiger partial charge in [-0.25, -0.2) is 18.0 Å². The molecule has 0 radical (unpaired) electrons. The summed E-state index contributed by atoms with van der Waals surface area (Å²) < 4.78 is 38.6. The summed E-state index contributed by atoms with van der Waals surface area (Å²) in [6.45, 7) is 6.97. The van der Waals surface area contributed by atoms with E-state index in [9.17, 15) is 18.0 Å². The number of hydrogen-bond acceptors (Lipinski definition) is 6. The molecule has 0 unspecified atom stereocenters. The van der Waals surface area contributed by atoms with E-state index in [1.54, 1.807) is 6.07 Å². The molecular weight excluding hydrogens is 466 g/mol. The average molecular weight is 498 g/mol. The Morgan fingerprint density at radius 2 is 1.77 bits per heavy atom. The van der Waals surface area contributed by atoms with Gasteiger partial charge in [-0.2, -0.15) is 4.31 Å². The first-order chi connectivity index (χ1) is 16.7. The van der Waals surface area contributed by atoms with Crippen molar-refractivity contribution in [3.05, 3.63) is 75.1 Å². The lowest BCUT2D eigenvalue weighted by molar-refractivity contribution is 0.0473. The van der Waals surface area contributed by atoms with Crippen LogP contribution in [0.15, 0.2) is 56.6 Å². The smallest absolute Gasteiger partial charge is 0.338 e. The summed E-state index contributed by atoms with van der Waals surface area (Å²) in [5.41, 5.74) is 2.74. The topological polar surface area (TPSA) is 93.9 Å². The van der Waals surface area contributed by atoms with Crippen LogP contribution in [0.3, 0.4) is 0 Å². The minimum Gasteiger partial charge on any atom is -0.457 e. The minimum atomic E-state index is -3.69. The van der Waals surface area contributed by atoms with E-state index in [1.165, 1.54) is 28.6 Å². The van der Waals surface area contributed by atoms with Gasteiger partial charge in [0.05, 0.1) is 10.5 Å². The van der Waals surface area contributed by atoms with Crippen LogP contribution in [0.4, 0.5) is 0 Å². The highest BCUT2D eigenvalue weighted by Crippen LogP contribution is 2.27. The van der Waals surface area contributed by atoms with Gasteiger partial charge in [-0.3, -0.25) is 0 Å². The highest BCUT2D eigenvalue weighted by atomic mass is 32.2. The number of esters is 1. The molecule has 1 aromatic heterocycles. The first kappa shape index (κ1) is 25.1. The SMILES string of the molecule is Cc1cc2oc(=O)cc(COC(=O)c3cccc(S(=O)(=O)N4CCCCCC4)c3)c2cc1C(C)C. The van der Waals surface area contributed by atoms with Gasteiger partial charge in [0.25, 0.3) is 0 Å². The number of carbonyl (C=O) groups is 1. The Morgan fingerprint density at radius 3 is 2.46 bits per heavy atom. The fraction of sp³-hybridized carbons (Fsp3) is 0.407. The van der Waals surface area contributed by atoms with Gasteiger partial charge in [-0.1, -0.05) is 32.8 Å². The first-order valence-electron chi connectivity index (χ1n) is 12.0. The number of benzene rings is 2. The van der Waals surface area contributed by atoms with Crippen LogP contribution in [-0.2, 0) is 21.4 Å². The van der Waals surface area contributed by atoms with Gasteiger partial charge in [0.1, 0.15) is 12.2 Å². The molecule has 0 aliphatic carbocycles. The van der Waals surface area contributed by atoms with E-state index in [4.69, 9.17) is 9.15 Å². The number of aryl methyl sites for hydroxylation is 1. The summed E-state index contributed by atoms with van der Waals surface area (Å²) >= 11 is 0. The molecule has 0 amide bonds. The molecule has 4 rings (SSSR count). The molecule has 0 spiro atoms. The van der Waals surface area contributed by atoms with Gasteiger partial charge in [-0.15, -0.1) is 0 Å². The van der Waals surface area contributed by atoms with Crippen LogP contribution in [0.5, 0.6) is 0 Å². The lowest BCUT2D eigenvalue weighted by atomic mass is 9.95. The second-order valence-electron chi connectivity index (χ2n) is 9.37. The van der Waals surface area contributed by atoms with Crippen molar-refractivity contribution in [3.63, 3.8) is 0 Å². The maximum absolute atomic E-state index is 13.1.